The van der Waals surface area contributed by atoms with Crippen molar-refractivity contribution in [2.45, 2.75) is 25.8 Å². The molecule has 3 aromatic rings. The average Bonchev–Trinajstić information content (AvgIpc) is 2.77. The lowest BCUT2D eigenvalue weighted by Crippen LogP contribution is -2.45. The Morgan fingerprint density at radius 1 is 1.15 bits per heavy atom. The van der Waals surface area contributed by atoms with Gasteiger partial charge >= 0.3 is 6.36 Å². The lowest BCUT2D eigenvalue weighted by Gasteiger charge is -2.38. The number of piperidine rings is 1. The van der Waals surface area contributed by atoms with E-state index in [-0.39, 0.29) is 29.0 Å². The highest BCUT2D eigenvalue weighted by atomic mass is 19.4. The second kappa shape index (κ2) is 8.65. The standard InChI is InChI=1S/C23H21F3N4O3/c1-14-13-30(19-11-21(31)29(2)18-8-3-15(12-27)28-22(18)19)10-9-20(14)32-16-4-6-17(7-5-16)33-23(24,25)26/h3-8,11,14,20H,9-10,13H2,1-2H3/t14-,20-/m1/s1. The van der Waals surface area contributed by atoms with Crippen LogP contribution in [0.5, 0.6) is 11.5 Å². The summed E-state index contributed by atoms with van der Waals surface area (Å²) >= 11 is 0. The molecule has 0 N–H and O–H groups in total. The number of hydrogen-bond acceptors (Lipinski definition) is 6. The fourth-order valence-corrected chi connectivity index (χ4v) is 4.03. The zero-order valence-corrected chi connectivity index (χ0v) is 18.0. The summed E-state index contributed by atoms with van der Waals surface area (Å²) in [5.41, 5.74) is 2.00. The highest BCUT2D eigenvalue weighted by Gasteiger charge is 2.32. The number of nitrogens with zero attached hydrogens (tertiary/aromatic N) is 4. The quantitative estimate of drug-likeness (QED) is 0.588. The van der Waals surface area contributed by atoms with Crippen LogP contribution in [0.25, 0.3) is 11.0 Å². The van der Waals surface area contributed by atoms with E-state index in [0.29, 0.717) is 42.0 Å². The number of aromatic nitrogens is 2. The third-order valence-electron chi connectivity index (χ3n) is 5.70. The Bertz CT molecular complexity index is 1270. The highest BCUT2D eigenvalue weighted by Crippen LogP contribution is 2.31. The van der Waals surface area contributed by atoms with Crippen LogP contribution < -0.4 is 19.9 Å². The van der Waals surface area contributed by atoms with Crippen molar-refractivity contribution in [3.05, 3.63) is 58.5 Å². The molecular weight excluding hydrogens is 437 g/mol. The second-order valence-corrected chi connectivity index (χ2v) is 7.99. The molecule has 1 fully saturated rings. The maximum atomic E-state index is 12.5. The first-order chi connectivity index (χ1) is 15.6. The number of benzene rings is 1. The summed E-state index contributed by atoms with van der Waals surface area (Å²) < 4.78 is 48.4. The smallest absolute Gasteiger partial charge is 0.490 e. The Hall–Kier alpha value is -3.74. The summed E-state index contributed by atoms with van der Waals surface area (Å²) in [6.07, 6.45) is -4.26. The van der Waals surface area contributed by atoms with Gasteiger partial charge < -0.3 is 18.9 Å². The molecule has 0 saturated carbocycles. The fourth-order valence-electron chi connectivity index (χ4n) is 4.03. The van der Waals surface area contributed by atoms with Gasteiger partial charge in [-0.15, -0.1) is 13.2 Å². The number of aryl methyl sites for hydroxylation is 1. The summed E-state index contributed by atoms with van der Waals surface area (Å²) in [7, 11) is 1.66. The van der Waals surface area contributed by atoms with E-state index in [1.54, 1.807) is 19.2 Å². The zero-order chi connectivity index (χ0) is 23.8. The Morgan fingerprint density at radius 2 is 1.85 bits per heavy atom. The normalized spacial score (nSPS) is 18.7. The van der Waals surface area contributed by atoms with Gasteiger partial charge in [0.05, 0.1) is 11.2 Å². The molecule has 0 amide bonds. The van der Waals surface area contributed by atoms with Crippen LogP contribution in [0.1, 0.15) is 19.0 Å². The molecule has 10 heteroatoms. The van der Waals surface area contributed by atoms with Crippen molar-refractivity contribution >= 4 is 16.7 Å². The first-order valence-corrected chi connectivity index (χ1v) is 10.3. The van der Waals surface area contributed by atoms with Gasteiger partial charge in [0, 0.05) is 38.5 Å². The van der Waals surface area contributed by atoms with E-state index in [1.807, 2.05) is 13.0 Å². The number of fused-ring (bicyclic) bond motifs is 1. The van der Waals surface area contributed by atoms with Gasteiger partial charge in [-0.05, 0) is 36.4 Å². The third kappa shape index (κ3) is 4.87. The van der Waals surface area contributed by atoms with E-state index in [1.165, 1.54) is 34.9 Å². The number of nitriles is 1. The molecule has 0 radical (unpaired) electrons. The third-order valence-corrected chi connectivity index (χ3v) is 5.70. The van der Waals surface area contributed by atoms with Crippen molar-refractivity contribution in [3.8, 4) is 17.6 Å². The van der Waals surface area contributed by atoms with E-state index in [9.17, 15) is 23.2 Å². The summed E-state index contributed by atoms with van der Waals surface area (Å²) in [6, 6.07) is 12.2. The van der Waals surface area contributed by atoms with Crippen molar-refractivity contribution in [3.63, 3.8) is 0 Å². The molecule has 2 atom stereocenters. The predicted molar refractivity (Wildman–Crippen MR) is 115 cm³/mol. The Balaban J connectivity index is 1.51. The van der Waals surface area contributed by atoms with Gasteiger partial charge in [0.15, 0.2) is 0 Å². The van der Waals surface area contributed by atoms with Crippen molar-refractivity contribution in [2.24, 2.45) is 13.0 Å². The van der Waals surface area contributed by atoms with Gasteiger partial charge in [-0.2, -0.15) is 5.26 Å². The molecule has 1 aliphatic heterocycles. The van der Waals surface area contributed by atoms with Gasteiger partial charge in [-0.25, -0.2) is 4.98 Å². The maximum absolute atomic E-state index is 12.5. The van der Waals surface area contributed by atoms with Crippen molar-refractivity contribution < 1.29 is 22.6 Å². The first-order valence-electron chi connectivity index (χ1n) is 10.3. The minimum Gasteiger partial charge on any atom is -0.490 e. The molecule has 172 valence electrons. The molecule has 3 heterocycles. The molecule has 0 spiro atoms. The van der Waals surface area contributed by atoms with Crippen LogP contribution >= 0.6 is 0 Å². The summed E-state index contributed by atoms with van der Waals surface area (Å²) in [4.78, 5) is 19.0. The number of anilines is 1. The van der Waals surface area contributed by atoms with Crippen LogP contribution in [0, 0.1) is 17.2 Å². The number of pyridine rings is 2. The van der Waals surface area contributed by atoms with Gasteiger partial charge in [-0.1, -0.05) is 6.92 Å². The monoisotopic (exact) mass is 458 g/mol. The first kappa shape index (κ1) is 22.5. The van der Waals surface area contributed by atoms with Crippen LogP contribution in [-0.4, -0.2) is 35.1 Å². The number of hydrogen-bond donors (Lipinski definition) is 0. The summed E-state index contributed by atoms with van der Waals surface area (Å²) in [5, 5.41) is 9.24. The van der Waals surface area contributed by atoms with Gasteiger partial charge in [0.2, 0.25) is 0 Å². The minimum atomic E-state index is -4.74. The molecule has 7 nitrogen and oxygen atoms in total. The molecule has 2 aromatic heterocycles. The van der Waals surface area contributed by atoms with Crippen LogP contribution in [0.4, 0.5) is 18.9 Å². The van der Waals surface area contributed by atoms with Crippen molar-refractivity contribution in [1.82, 2.24) is 9.55 Å². The average molecular weight is 458 g/mol. The Morgan fingerprint density at radius 3 is 2.48 bits per heavy atom. The molecule has 4 rings (SSSR count). The van der Waals surface area contributed by atoms with Gasteiger partial charge in [-0.3, -0.25) is 4.79 Å². The van der Waals surface area contributed by atoms with Crippen LogP contribution in [0.3, 0.4) is 0 Å². The second-order valence-electron chi connectivity index (χ2n) is 7.99. The van der Waals surface area contributed by atoms with E-state index in [4.69, 9.17) is 4.74 Å². The van der Waals surface area contributed by atoms with E-state index < -0.39 is 6.36 Å². The van der Waals surface area contributed by atoms with E-state index >= 15 is 0 Å². The highest BCUT2D eigenvalue weighted by molar-refractivity contribution is 5.88. The molecule has 0 unspecified atom stereocenters. The van der Waals surface area contributed by atoms with Crippen LogP contribution in [-0.2, 0) is 7.05 Å². The molecule has 1 aromatic carbocycles. The van der Waals surface area contributed by atoms with E-state index in [0.717, 1.165) is 0 Å². The molecule has 0 aliphatic carbocycles. The number of ether oxygens (including phenoxy) is 2. The number of alkyl halides is 3. The van der Waals surface area contributed by atoms with Crippen molar-refractivity contribution in [2.75, 3.05) is 18.0 Å². The Kier molecular flexibility index (Phi) is 5.89. The van der Waals surface area contributed by atoms with E-state index in [2.05, 4.69) is 14.6 Å². The summed E-state index contributed by atoms with van der Waals surface area (Å²) in [5.74, 6) is 0.205. The topological polar surface area (TPSA) is 80.4 Å². The predicted octanol–water partition coefficient (Wildman–Crippen LogP) is 4.00. The molecule has 0 bridgehead atoms. The number of rotatable bonds is 4. The molecule has 1 saturated heterocycles. The van der Waals surface area contributed by atoms with Crippen LogP contribution in [0.15, 0.2) is 47.3 Å². The molecular formula is C23H21F3N4O3. The lowest BCUT2D eigenvalue weighted by molar-refractivity contribution is -0.274. The molecule has 1 aliphatic rings. The SMILES string of the molecule is C[C@@H]1CN(c2cc(=O)n(C)c3ccc(C#N)nc23)CC[C@H]1Oc1ccc(OC(F)(F)F)cc1. The van der Waals surface area contributed by atoms with Gasteiger partial charge in [0.25, 0.3) is 5.56 Å². The number of halogens is 3. The zero-order valence-electron chi connectivity index (χ0n) is 18.0. The van der Waals surface area contributed by atoms with Crippen molar-refractivity contribution in [1.29, 1.82) is 5.26 Å². The summed E-state index contributed by atoms with van der Waals surface area (Å²) in [6.45, 7) is 3.18. The maximum Gasteiger partial charge on any atom is 0.573 e. The van der Waals surface area contributed by atoms with Gasteiger partial charge in [0.1, 0.15) is 34.9 Å². The Labute approximate surface area is 187 Å². The lowest BCUT2D eigenvalue weighted by atomic mass is 9.95. The minimum absolute atomic E-state index is 0.0584. The largest absolute Gasteiger partial charge is 0.573 e. The fraction of sp³-hybridized carbons (Fsp3) is 0.348. The van der Waals surface area contributed by atoms with Crippen LogP contribution in [0.2, 0.25) is 0 Å². The molecule has 33 heavy (non-hydrogen) atoms.